The average molecular weight is 238 g/mol. The van der Waals surface area contributed by atoms with Crippen molar-refractivity contribution in [1.82, 2.24) is 25.3 Å². The number of nitrogens with zero attached hydrogens (tertiary/aromatic N) is 4. The Labute approximate surface area is 97.8 Å². The summed E-state index contributed by atoms with van der Waals surface area (Å²) in [4.78, 5) is 4.08. The smallest absolute Gasteiger partial charge is 0.131 e. The topological polar surface area (TPSA) is 55.6 Å². The standard InChI is InChI=1S/C10H12ClN5/c11-10-5-8-9(6-13-10)16(15-14-8)7-1-3-12-4-2-7/h5-7,12H,1-4H2. The zero-order chi connectivity index (χ0) is 11.0. The molecule has 5 nitrogen and oxygen atoms in total. The predicted octanol–water partition coefficient (Wildman–Crippen LogP) is 1.40. The van der Waals surface area contributed by atoms with E-state index in [1.165, 1.54) is 0 Å². The monoisotopic (exact) mass is 237 g/mol. The van der Waals surface area contributed by atoms with E-state index >= 15 is 0 Å². The third-order valence-electron chi connectivity index (χ3n) is 2.98. The van der Waals surface area contributed by atoms with Crippen LogP contribution in [0.5, 0.6) is 0 Å². The molecule has 1 N–H and O–H groups in total. The number of pyridine rings is 1. The van der Waals surface area contributed by atoms with Gasteiger partial charge in [0, 0.05) is 6.07 Å². The molecule has 1 saturated heterocycles. The minimum Gasteiger partial charge on any atom is -0.317 e. The van der Waals surface area contributed by atoms with Gasteiger partial charge in [-0.2, -0.15) is 0 Å². The van der Waals surface area contributed by atoms with Gasteiger partial charge in [-0.15, -0.1) is 5.10 Å². The molecule has 2 aromatic heterocycles. The summed E-state index contributed by atoms with van der Waals surface area (Å²) in [5.74, 6) is 0. The highest BCUT2D eigenvalue weighted by Crippen LogP contribution is 2.22. The molecule has 16 heavy (non-hydrogen) atoms. The van der Waals surface area contributed by atoms with Crippen LogP contribution in [0.15, 0.2) is 12.3 Å². The Morgan fingerprint density at radius 2 is 2.19 bits per heavy atom. The minimum absolute atomic E-state index is 0.425. The van der Waals surface area contributed by atoms with Crippen molar-refractivity contribution in [3.63, 3.8) is 0 Å². The largest absolute Gasteiger partial charge is 0.317 e. The lowest BCUT2D eigenvalue weighted by atomic mass is 10.1. The summed E-state index contributed by atoms with van der Waals surface area (Å²) in [6.45, 7) is 2.07. The van der Waals surface area contributed by atoms with Crippen molar-refractivity contribution in [2.75, 3.05) is 13.1 Å². The Hall–Kier alpha value is -1.20. The number of aromatic nitrogens is 4. The number of nitrogens with one attached hydrogen (secondary N) is 1. The van der Waals surface area contributed by atoms with Crippen LogP contribution < -0.4 is 5.32 Å². The summed E-state index contributed by atoms with van der Waals surface area (Å²) in [5, 5.41) is 12.1. The molecule has 84 valence electrons. The lowest BCUT2D eigenvalue weighted by Crippen LogP contribution is -2.29. The highest BCUT2D eigenvalue weighted by molar-refractivity contribution is 6.29. The highest BCUT2D eigenvalue weighted by Gasteiger charge is 2.18. The second-order valence-corrected chi connectivity index (χ2v) is 4.40. The first-order valence-corrected chi connectivity index (χ1v) is 5.79. The summed E-state index contributed by atoms with van der Waals surface area (Å²) in [5.41, 5.74) is 1.79. The molecule has 0 aliphatic carbocycles. The maximum Gasteiger partial charge on any atom is 0.131 e. The average Bonchev–Trinajstić information content (AvgIpc) is 2.73. The van der Waals surface area contributed by atoms with Crippen LogP contribution in [0.1, 0.15) is 18.9 Å². The third kappa shape index (κ3) is 1.66. The maximum atomic E-state index is 5.82. The molecule has 6 heteroatoms. The molecule has 3 rings (SSSR count). The Kier molecular flexibility index (Phi) is 2.49. The maximum absolute atomic E-state index is 5.82. The molecule has 2 aromatic rings. The van der Waals surface area contributed by atoms with Crippen molar-refractivity contribution in [3.8, 4) is 0 Å². The Morgan fingerprint density at radius 3 is 3.00 bits per heavy atom. The lowest BCUT2D eigenvalue weighted by Gasteiger charge is -2.22. The number of piperidine rings is 1. The summed E-state index contributed by atoms with van der Waals surface area (Å²) in [6.07, 6.45) is 3.92. The minimum atomic E-state index is 0.425. The van der Waals surface area contributed by atoms with Crippen LogP contribution in [-0.4, -0.2) is 33.1 Å². The van der Waals surface area contributed by atoms with Crippen LogP contribution in [0, 0.1) is 0 Å². The summed E-state index contributed by atoms with van der Waals surface area (Å²) >= 11 is 5.82. The van der Waals surface area contributed by atoms with Crippen LogP contribution in [0.2, 0.25) is 5.15 Å². The number of halogens is 1. The van der Waals surface area contributed by atoms with Crippen molar-refractivity contribution in [2.24, 2.45) is 0 Å². The molecule has 0 amide bonds. The van der Waals surface area contributed by atoms with Crippen LogP contribution in [0.25, 0.3) is 11.0 Å². The van der Waals surface area contributed by atoms with Crippen molar-refractivity contribution >= 4 is 22.6 Å². The van der Waals surface area contributed by atoms with E-state index < -0.39 is 0 Å². The summed E-state index contributed by atoms with van der Waals surface area (Å²) < 4.78 is 1.97. The number of rotatable bonds is 1. The SMILES string of the molecule is Clc1cc2nnn(C3CCNCC3)c2cn1. The summed E-state index contributed by atoms with van der Waals surface area (Å²) in [6, 6.07) is 2.18. The lowest BCUT2D eigenvalue weighted by molar-refractivity contribution is 0.345. The first-order chi connectivity index (χ1) is 7.84. The van der Waals surface area contributed by atoms with Gasteiger partial charge in [0.25, 0.3) is 0 Å². The molecular formula is C10H12ClN5. The second kappa shape index (κ2) is 3.99. The van der Waals surface area contributed by atoms with Gasteiger partial charge >= 0.3 is 0 Å². The van der Waals surface area contributed by atoms with E-state index in [1.807, 2.05) is 4.68 Å². The molecule has 0 saturated carbocycles. The van der Waals surface area contributed by atoms with Crippen LogP contribution in [0.4, 0.5) is 0 Å². The van der Waals surface area contributed by atoms with E-state index in [-0.39, 0.29) is 0 Å². The zero-order valence-corrected chi connectivity index (χ0v) is 9.48. The first-order valence-electron chi connectivity index (χ1n) is 5.42. The van der Waals surface area contributed by atoms with Crippen molar-refractivity contribution in [2.45, 2.75) is 18.9 Å². The molecule has 3 heterocycles. The van der Waals surface area contributed by atoms with Gasteiger partial charge in [0.05, 0.1) is 12.2 Å². The molecule has 0 aromatic carbocycles. The molecule has 0 radical (unpaired) electrons. The number of hydrogen-bond donors (Lipinski definition) is 1. The van der Waals surface area contributed by atoms with Gasteiger partial charge < -0.3 is 5.32 Å². The van der Waals surface area contributed by atoms with Crippen molar-refractivity contribution < 1.29 is 0 Å². The fraction of sp³-hybridized carbons (Fsp3) is 0.500. The zero-order valence-electron chi connectivity index (χ0n) is 8.73. The molecule has 0 unspecified atom stereocenters. The number of hydrogen-bond acceptors (Lipinski definition) is 4. The normalized spacial score (nSPS) is 18.1. The van der Waals surface area contributed by atoms with E-state index in [4.69, 9.17) is 11.6 Å². The molecule has 1 aliphatic rings. The molecule has 0 bridgehead atoms. The fourth-order valence-electron chi connectivity index (χ4n) is 2.14. The molecule has 0 spiro atoms. The van der Waals surface area contributed by atoms with Gasteiger partial charge in [-0.1, -0.05) is 16.8 Å². The predicted molar refractivity (Wildman–Crippen MR) is 61.5 cm³/mol. The third-order valence-corrected chi connectivity index (χ3v) is 3.19. The Morgan fingerprint density at radius 1 is 1.38 bits per heavy atom. The van der Waals surface area contributed by atoms with E-state index in [0.717, 1.165) is 37.0 Å². The van der Waals surface area contributed by atoms with E-state index in [2.05, 4.69) is 20.6 Å². The Balaban J connectivity index is 2.03. The van der Waals surface area contributed by atoms with Crippen molar-refractivity contribution in [1.29, 1.82) is 0 Å². The second-order valence-electron chi connectivity index (χ2n) is 4.01. The molecule has 0 atom stereocenters. The van der Waals surface area contributed by atoms with E-state index in [0.29, 0.717) is 11.2 Å². The van der Waals surface area contributed by atoms with E-state index in [9.17, 15) is 0 Å². The van der Waals surface area contributed by atoms with Gasteiger partial charge in [0.2, 0.25) is 0 Å². The van der Waals surface area contributed by atoms with Crippen LogP contribution in [-0.2, 0) is 0 Å². The fourth-order valence-corrected chi connectivity index (χ4v) is 2.29. The van der Waals surface area contributed by atoms with Gasteiger partial charge in [-0.3, -0.25) is 0 Å². The Bertz CT molecular complexity index is 503. The van der Waals surface area contributed by atoms with Crippen molar-refractivity contribution in [3.05, 3.63) is 17.4 Å². The quantitative estimate of drug-likeness (QED) is 0.762. The van der Waals surface area contributed by atoms with Gasteiger partial charge in [0.15, 0.2) is 0 Å². The van der Waals surface area contributed by atoms with Gasteiger partial charge in [0.1, 0.15) is 16.2 Å². The first kappa shape index (κ1) is 9.99. The van der Waals surface area contributed by atoms with Crippen LogP contribution in [0.3, 0.4) is 0 Å². The summed E-state index contributed by atoms with van der Waals surface area (Å²) in [7, 11) is 0. The van der Waals surface area contributed by atoms with Gasteiger partial charge in [-0.05, 0) is 25.9 Å². The molecule has 1 aliphatic heterocycles. The highest BCUT2D eigenvalue weighted by atomic mass is 35.5. The van der Waals surface area contributed by atoms with E-state index in [1.54, 1.807) is 12.3 Å². The van der Waals surface area contributed by atoms with Crippen LogP contribution >= 0.6 is 11.6 Å². The van der Waals surface area contributed by atoms with Gasteiger partial charge in [-0.25, -0.2) is 9.67 Å². The molecular weight excluding hydrogens is 226 g/mol. The number of fused-ring (bicyclic) bond motifs is 1. The molecule has 1 fully saturated rings.